The Labute approximate surface area is 139 Å². The van der Waals surface area contributed by atoms with E-state index in [0.29, 0.717) is 6.54 Å². The van der Waals surface area contributed by atoms with Crippen LogP contribution in [0.25, 0.3) is 0 Å². The molecule has 0 radical (unpaired) electrons. The Bertz CT molecular complexity index is 456. The average molecular weight is 323 g/mol. The number of hydrogen-bond acceptors (Lipinski definition) is 5. The number of carbonyl (C=O) groups is 1. The third-order valence-corrected chi connectivity index (χ3v) is 3.23. The first-order valence-electron chi connectivity index (χ1n) is 7.91. The molecule has 0 amide bonds. The van der Waals surface area contributed by atoms with Crippen molar-refractivity contribution >= 4 is 5.97 Å². The lowest BCUT2D eigenvalue weighted by atomic mass is 10.1. The van der Waals surface area contributed by atoms with Crippen molar-refractivity contribution in [1.29, 1.82) is 0 Å². The molecule has 0 bridgehead atoms. The van der Waals surface area contributed by atoms with Crippen molar-refractivity contribution < 1.29 is 19.0 Å². The lowest BCUT2D eigenvalue weighted by Gasteiger charge is -2.27. The maximum Gasteiger partial charge on any atom is 0.307 e. The van der Waals surface area contributed by atoms with E-state index in [-0.39, 0.29) is 31.3 Å². The summed E-state index contributed by atoms with van der Waals surface area (Å²) < 4.78 is 15.9. The first-order chi connectivity index (χ1) is 10.8. The Morgan fingerprint density at radius 2 is 1.87 bits per heavy atom. The molecular weight excluding hydrogens is 294 g/mol. The third-order valence-electron chi connectivity index (χ3n) is 3.23. The number of methoxy groups -OCH3 is 1. The van der Waals surface area contributed by atoms with Gasteiger partial charge < -0.3 is 19.5 Å². The first kappa shape index (κ1) is 19.6. The summed E-state index contributed by atoms with van der Waals surface area (Å²) in [4.78, 5) is 12.1. The van der Waals surface area contributed by atoms with Gasteiger partial charge in [0.25, 0.3) is 0 Å². The summed E-state index contributed by atoms with van der Waals surface area (Å²) in [6.07, 6.45) is 0.0702. The summed E-state index contributed by atoms with van der Waals surface area (Å²) in [5.41, 5.74) is 0.665. The molecule has 1 rings (SSSR count). The SMILES string of the molecule is COCO[C@@H](C)[C@@H](CC(=O)OC(C)(C)C)NCc1ccccc1. The molecule has 1 aromatic carbocycles. The summed E-state index contributed by atoms with van der Waals surface area (Å²) in [6.45, 7) is 8.37. The van der Waals surface area contributed by atoms with E-state index in [1.165, 1.54) is 0 Å². The van der Waals surface area contributed by atoms with Crippen molar-refractivity contribution in [3.63, 3.8) is 0 Å². The van der Waals surface area contributed by atoms with Crippen LogP contribution in [0.15, 0.2) is 30.3 Å². The zero-order valence-corrected chi connectivity index (χ0v) is 14.8. The predicted molar refractivity (Wildman–Crippen MR) is 90.0 cm³/mol. The molecule has 1 aromatic rings. The molecule has 0 saturated carbocycles. The molecule has 0 unspecified atom stereocenters. The van der Waals surface area contributed by atoms with Crippen LogP contribution in [0.5, 0.6) is 0 Å². The molecule has 0 spiro atoms. The van der Waals surface area contributed by atoms with Crippen molar-refractivity contribution in [1.82, 2.24) is 5.32 Å². The molecule has 0 heterocycles. The normalized spacial score (nSPS) is 14.3. The van der Waals surface area contributed by atoms with Crippen LogP contribution in [0.1, 0.15) is 39.7 Å². The van der Waals surface area contributed by atoms with Crippen LogP contribution in [0.3, 0.4) is 0 Å². The Morgan fingerprint density at radius 3 is 2.43 bits per heavy atom. The third kappa shape index (κ3) is 8.69. The van der Waals surface area contributed by atoms with E-state index >= 15 is 0 Å². The van der Waals surface area contributed by atoms with Gasteiger partial charge >= 0.3 is 5.97 Å². The van der Waals surface area contributed by atoms with Gasteiger partial charge in [0.15, 0.2) is 0 Å². The number of carbonyl (C=O) groups excluding carboxylic acids is 1. The molecule has 0 aliphatic rings. The smallest absolute Gasteiger partial charge is 0.307 e. The van der Waals surface area contributed by atoms with Crippen LogP contribution in [0.2, 0.25) is 0 Å². The topological polar surface area (TPSA) is 56.8 Å². The second-order valence-corrected chi connectivity index (χ2v) is 6.54. The maximum atomic E-state index is 12.1. The molecule has 0 aliphatic heterocycles. The number of hydrogen-bond donors (Lipinski definition) is 1. The molecule has 23 heavy (non-hydrogen) atoms. The van der Waals surface area contributed by atoms with Crippen LogP contribution < -0.4 is 5.32 Å². The maximum absolute atomic E-state index is 12.1. The van der Waals surface area contributed by atoms with Crippen LogP contribution in [0.4, 0.5) is 0 Å². The molecular formula is C18H29NO4. The molecule has 0 saturated heterocycles. The van der Waals surface area contributed by atoms with Gasteiger partial charge in [-0.05, 0) is 33.3 Å². The van der Waals surface area contributed by atoms with Gasteiger partial charge in [-0.1, -0.05) is 30.3 Å². The molecule has 1 N–H and O–H groups in total. The van der Waals surface area contributed by atoms with E-state index in [1.807, 2.05) is 58.0 Å². The summed E-state index contributed by atoms with van der Waals surface area (Å²) >= 11 is 0. The standard InChI is InChI=1S/C18H29NO4/c1-14(22-13-21-5)16(11-17(20)23-18(2,3)4)19-12-15-9-7-6-8-10-15/h6-10,14,16,19H,11-13H2,1-5H3/t14-,16+/m0/s1. The largest absolute Gasteiger partial charge is 0.460 e. The first-order valence-corrected chi connectivity index (χ1v) is 7.91. The summed E-state index contributed by atoms with van der Waals surface area (Å²) in [6, 6.07) is 9.89. The van der Waals surface area contributed by atoms with Crippen molar-refractivity contribution in [3.8, 4) is 0 Å². The van der Waals surface area contributed by atoms with Gasteiger partial charge in [-0.2, -0.15) is 0 Å². The van der Waals surface area contributed by atoms with E-state index in [2.05, 4.69) is 5.32 Å². The van der Waals surface area contributed by atoms with Crippen LogP contribution in [0, 0.1) is 0 Å². The van der Waals surface area contributed by atoms with E-state index in [0.717, 1.165) is 5.56 Å². The van der Waals surface area contributed by atoms with E-state index in [4.69, 9.17) is 14.2 Å². The predicted octanol–water partition coefficient (Wildman–Crippen LogP) is 2.89. The zero-order valence-electron chi connectivity index (χ0n) is 14.8. The minimum atomic E-state index is -0.488. The van der Waals surface area contributed by atoms with Crippen molar-refractivity contribution in [2.24, 2.45) is 0 Å². The lowest BCUT2D eigenvalue weighted by Crippen LogP contribution is -2.42. The summed E-state index contributed by atoms with van der Waals surface area (Å²) in [7, 11) is 1.58. The Morgan fingerprint density at radius 1 is 1.22 bits per heavy atom. The number of nitrogens with one attached hydrogen (secondary N) is 1. The van der Waals surface area contributed by atoms with Gasteiger partial charge in [0, 0.05) is 19.7 Å². The second-order valence-electron chi connectivity index (χ2n) is 6.54. The van der Waals surface area contributed by atoms with Crippen molar-refractivity contribution in [3.05, 3.63) is 35.9 Å². The fourth-order valence-electron chi connectivity index (χ4n) is 2.10. The number of benzene rings is 1. The monoisotopic (exact) mass is 323 g/mol. The van der Waals surface area contributed by atoms with Gasteiger partial charge in [-0.25, -0.2) is 0 Å². The quantitative estimate of drug-likeness (QED) is 0.559. The molecule has 5 nitrogen and oxygen atoms in total. The highest BCUT2D eigenvalue weighted by molar-refractivity contribution is 5.70. The Kier molecular flexibility index (Phi) is 8.23. The fraction of sp³-hybridized carbons (Fsp3) is 0.611. The van der Waals surface area contributed by atoms with Crippen molar-refractivity contribution in [2.45, 2.75) is 58.4 Å². The van der Waals surface area contributed by atoms with Crippen molar-refractivity contribution in [2.75, 3.05) is 13.9 Å². The highest BCUT2D eigenvalue weighted by atomic mass is 16.7. The summed E-state index contributed by atoms with van der Waals surface area (Å²) in [5, 5.41) is 3.38. The highest BCUT2D eigenvalue weighted by Gasteiger charge is 2.24. The minimum Gasteiger partial charge on any atom is -0.460 e. The molecule has 0 fully saturated rings. The van der Waals surface area contributed by atoms with Gasteiger partial charge in [0.05, 0.1) is 12.5 Å². The second kappa shape index (κ2) is 9.65. The minimum absolute atomic E-state index is 0.153. The van der Waals surface area contributed by atoms with E-state index < -0.39 is 5.60 Å². The summed E-state index contributed by atoms with van der Waals surface area (Å²) in [5.74, 6) is -0.240. The van der Waals surface area contributed by atoms with Gasteiger partial charge in [0.2, 0.25) is 0 Å². The van der Waals surface area contributed by atoms with E-state index in [1.54, 1.807) is 7.11 Å². The lowest BCUT2D eigenvalue weighted by molar-refractivity contribution is -0.157. The van der Waals surface area contributed by atoms with Gasteiger partial charge in [-0.3, -0.25) is 4.79 Å². The number of rotatable bonds is 9. The van der Waals surface area contributed by atoms with E-state index in [9.17, 15) is 4.79 Å². The number of esters is 1. The highest BCUT2D eigenvalue weighted by Crippen LogP contribution is 2.12. The number of ether oxygens (including phenoxy) is 3. The molecule has 5 heteroatoms. The molecule has 2 atom stereocenters. The molecule has 130 valence electrons. The molecule has 0 aromatic heterocycles. The fourth-order valence-corrected chi connectivity index (χ4v) is 2.10. The Balaban J connectivity index is 2.62. The Hall–Kier alpha value is -1.43. The molecule has 0 aliphatic carbocycles. The van der Waals surface area contributed by atoms with Crippen LogP contribution in [-0.4, -0.2) is 37.6 Å². The van der Waals surface area contributed by atoms with Gasteiger partial charge in [0.1, 0.15) is 12.4 Å². The van der Waals surface area contributed by atoms with Crippen LogP contribution >= 0.6 is 0 Å². The zero-order chi connectivity index (χ0) is 17.3. The van der Waals surface area contributed by atoms with Crippen LogP contribution in [-0.2, 0) is 25.5 Å². The average Bonchev–Trinajstić information content (AvgIpc) is 2.48. The van der Waals surface area contributed by atoms with Gasteiger partial charge in [-0.15, -0.1) is 0 Å².